The number of aromatic nitrogens is 2. The van der Waals surface area contributed by atoms with Gasteiger partial charge in [0.1, 0.15) is 10.8 Å². The Balaban J connectivity index is 1.98. The second-order valence-corrected chi connectivity index (χ2v) is 12.7. The van der Waals surface area contributed by atoms with Gasteiger partial charge in [-0.3, -0.25) is 14.9 Å². The third kappa shape index (κ3) is 6.06. The molecule has 1 heterocycles. The largest absolute Gasteiger partial charge is 0.309 e. The van der Waals surface area contributed by atoms with Gasteiger partial charge in [0.15, 0.2) is 0 Å². The molecule has 0 aliphatic rings. The molecule has 10 nitrogen and oxygen atoms in total. The number of nitro groups is 1. The van der Waals surface area contributed by atoms with Crippen LogP contribution in [0.5, 0.6) is 0 Å². The maximum Gasteiger partial charge on any atom is 0.289 e. The molecule has 0 bridgehead atoms. The van der Waals surface area contributed by atoms with Crippen molar-refractivity contribution in [3.63, 3.8) is 0 Å². The minimum atomic E-state index is -4.27. The molecule has 0 radical (unpaired) electrons. The van der Waals surface area contributed by atoms with E-state index < -0.39 is 39.1 Å². The maximum absolute atomic E-state index is 13.4. The SMILES string of the molecule is Cc1cccc(-n2nc(C(C)(C)C)cc2NC(=O)CN(C(C)C)S(=O)(=O)c2ccc(Cl)c([N+](=O)[O-])c2)c1C. The van der Waals surface area contributed by atoms with E-state index in [9.17, 15) is 23.3 Å². The van der Waals surface area contributed by atoms with Crippen LogP contribution in [0.1, 0.15) is 51.4 Å². The standard InChI is InChI=1S/C26H32ClN5O5S/c1-16(2)30(38(36,37)19-11-12-20(27)22(13-19)32(34)35)15-25(33)28-24-14-23(26(5,6)7)29-31(24)21-10-8-9-17(3)18(21)4/h8-14,16H,15H2,1-7H3,(H,28,33). The number of carbonyl (C=O) groups is 1. The van der Waals surface area contributed by atoms with Crippen molar-refractivity contribution in [3.05, 3.63) is 74.4 Å². The van der Waals surface area contributed by atoms with E-state index in [-0.39, 0.29) is 15.3 Å². The third-order valence-electron chi connectivity index (χ3n) is 6.15. The van der Waals surface area contributed by atoms with Gasteiger partial charge in [-0.25, -0.2) is 13.1 Å². The van der Waals surface area contributed by atoms with Crippen LogP contribution >= 0.6 is 11.6 Å². The van der Waals surface area contributed by atoms with Gasteiger partial charge in [-0.05, 0) is 57.0 Å². The summed E-state index contributed by atoms with van der Waals surface area (Å²) in [7, 11) is -4.27. The fourth-order valence-corrected chi connectivity index (χ4v) is 5.58. The summed E-state index contributed by atoms with van der Waals surface area (Å²) in [6, 6.07) is 10.2. The summed E-state index contributed by atoms with van der Waals surface area (Å²) in [6.45, 7) is 12.7. The highest BCUT2D eigenvalue weighted by Crippen LogP contribution is 2.30. The Morgan fingerprint density at radius 1 is 1.18 bits per heavy atom. The highest BCUT2D eigenvalue weighted by atomic mass is 35.5. The van der Waals surface area contributed by atoms with Crippen molar-refractivity contribution in [2.24, 2.45) is 0 Å². The molecule has 0 aliphatic heterocycles. The molecular formula is C26H32ClN5O5S. The summed E-state index contributed by atoms with van der Waals surface area (Å²) < 4.78 is 29.5. The van der Waals surface area contributed by atoms with Crippen LogP contribution < -0.4 is 5.32 Å². The monoisotopic (exact) mass is 561 g/mol. The smallest absolute Gasteiger partial charge is 0.289 e. The average molecular weight is 562 g/mol. The molecule has 12 heteroatoms. The number of benzene rings is 2. The van der Waals surface area contributed by atoms with Gasteiger partial charge in [0.25, 0.3) is 5.69 Å². The number of nitrogens with one attached hydrogen (secondary N) is 1. The van der Waals surface area contributed by atoms with E-state index in [4.69, 9.17) is 16.7 Å². The van der Waals surface area contributed by atoms with Crippen LogP contribution in [0.25, 0.3) is 5.69 Å². The second kappa shape index (κ2) is 10.8. The lowest BCUT2D eigenvalue weighted by molar-refractivity contribution is -0.384. The zero-order valence-electron chi connectivity index (χ0n) is 22.4. The molecule has 0 saturated carbocycles. The first-order valence-electron chi connectivity index (χ1n) is 12.0. The predicted molar refractivity (Wildman–Crippen MR) is 148 cm³/mol. The van der Waals surface area contributed by atoms with Gasteiger partial charge in [0, 0.05) is 23.6 Å². The lowest BCUT2D eigenvalue weighted by Gasteiger charge is -2.25. The number of aryl methyl sites for hydroxylation is 1. The maximum atomic E-state index is 13.4. The highest BCUT2D eigenvalue weighted by Gasteiger charge is 2.32. The Morgan fingerprint density at radius 3 is 2.42 bits per heavy atom. The van der Waals surface area contributed by atoms with Crippen molar-refractivity contribution in [1.82, 2.24) is 14.1 Å². The van der Waals surface area contributed by atoms with E-state index in [0.29, 0.717) is 5.82 Å². The quantitative estimate of drug-likeness (QED) is 0.290. The fraction of sp³-hybridized carbons (Fsp3) is 0.385. The zero-order chi connectivity index (χ0) is 28.6. The van der Waals surface area contributed by atoms with Crippen molar-refractivity contribution < 1.29 is 18.1 Å². The number of nitro benzene ring substituents is 1. The van der Waals surface area contributed by atoms with Crippen LogP contribution in [0.4, 0.5) is 11.5 Å². The number of hydrogen-bond acceptors (Lipinski definition) is 6. The van der Waals surface area contributed by atoms with Crippen LogP contribution in [-0.4, -0.2) is 45.9 Å². The first-order chi connectivity index (χ1) is 17.5. The third-order valence-corrected chi connectivity index (χ3v) is 8.48. The molecule has 0 atom stereocenters. The summed E-state index contributed by atoms with van der Waals surface area (Å²) in [5.41, 5.74) is 2.74. The summed E-state index contributed by atoms with van der Waals surface area (Å²) in [5.74, 6) is -0.186. The number of halogens is 1. The van der Waals surface area contributed by atoms with Crippen molar-refractivity contribution >= 4 is 39.0 Å². The highest BCUT2D eigenvalue weighted by molar-refractivity contribution is 7.89. The van der Waals surface area contributed by atoms with Gasteiger partial charge in [-0.1, -0.05) is 44.5 Å². The Morgan fingerprint density at radius 2 is 1.84 bits per heavy atom. The van der Waals surface area contributed by atoms with Gasteiger partial charge >= 0.3 is 0 Å². The summed E-state index contributed by atoms with van der Waals surface area (Å²) >= 11 is 5.86. The molecule has 3 aromatic rings. The van der Waals surface area contributed by atoms with Crippen molar-refractivity contribution in [2.75, 3.05) is 11.9 Å². The van der Waals surface area contributed by atoms with E-state index in [1.807, 2.05) is 52.8 Å². The van der Waals surface area contributed by atoms with E-state index in [1.165, 1.54) is 6.07 Å². The number of rotatable bonds is 8. The molecule has 204 valence electrons. The molecule has 38 heavy (non-hydrogen) atoms. The van der Waals surface area contributed by atoms with E-state index in [0.717, 1.165) is 38.9 Å². The van der Waals surface area contributed by atoms with Crippen LogP contribution in [0.3, 0.4) is 0 Å². The number of nitrogens with zero attached hydrogens (tertiary/aromatic N) is 4. The normalized spacial score (nSPS) is 12.3. The molecule has 3 rings (SSSR count). The minimum Gasteiger partial charge on any atom is -0.309 e. The topological polar surface area (TPSA) is 127 Å². The summed E-state index contributed by atoms with van der Waals surface area (Å²) in [6.07, 6.45) is 0. The molecule has 1 amide bonds. The van der Waals surface area contributed by atoms with Crippen LogP contribution in [0.15, 0.2) is 47.4 Å². The molecule has 0 unspecified atom stereocenters. The lowest BCUT2D eigenvalue weighted by Crippen LogP contribution is -2.42. The average Bonchev–Trinajstić information content (AvgIpc) is 3.23. The molecule has 0 saturated heterocycles. The molecule has 2 aromatic carbocycles. The van der Waals surface area contributed by atoms with Crippen molar-refractivity contribution in [1.29, 1.82) is 0 Å². The zero-order valence-corrected chi connectivity index (χ0v) is 24.0. The Labute approximate surface area is 227 Å². The van der Waals surface area contributed by atoms with E-state index >= 15 is 0 Å². The summed E-state index contributed by atoms with van der Waals surface area (Å²) in [5, 5.41) is 18.7. The Bertz CT molecular complexity index is 1490. The van der Waals surface area contributed by atoms with Gasteiger partial charge in [0.2, 0.25) is 15.9 Å². The first-order valence-corrected chi connectivity index (χ1v) is 13.8. The predicted octanol–water partition coefficient (Wildman–Crippen LogP) is 5.39. The number of anilines is 1. The van der Waals surface area contributed by atoms with Crippen molar-refractivity contribution in [2.45, 2.75) is 64.8 Å². The number of carbonyl (C=O) groups excluding carboxylic acids is 1. The molecule has 0 spiro atoms. The van der Waals surface area contributed by atoms with Gasteiger partial charge < -0.3 is 5.32 Å². The number of hydrogen-bond donors (Lipinski definition) is 1. The van der Waals surface area contributed by atoms with Gasteiger partial charge in [-0.15, -0.1) is 0 Å². The molecule has 0 aliphatic carbocycles. The Kier molecular flexibility index (Phi) is 8.35. The van der Waals surface area contributed by atoms with Crippen LogP contribution in [0.2, 0.25) is 5.02 Å². The van der Waals surface area contributed by atoms with Crippen molar-refractivity contribution in [3.8, 4) is 5.69 Å². The van der Waals surface area contributed by atoms with E-state index in [2.05, 4.69) is 5.32 Å². The fourth-order valence-electron chi connectivity index (χ4n) is 3.78. The first kappa shape index (κ1) is 29.3. The minimum absolute atomic E-state index is 0.183. The number of amides is 1. The lowest BCUT2D eigenvalue weighted by atomic mass is 9.92. The molecule has 0 fully saturated rings. The Hall–Kier alpha value is -3.28. The van der Waals surface area contributed by atoms with Crippen LogP contribution in [0, 0.1) is 24.0 Å². The molecule has 1 aromatic heterocycles. The van der Waals surface area contributed by atoms with Gasteiger partial charge in [0.05, 0.1) is 27.7 Å². The van der Waals surface area contributed by atoms with Crippen LogP contribution in [-0.2, 0) is 20.2 Å². The molecule has 1 N–H and O–H groups in total. The second-order valence-electron chi connectivity index (χ2n) is 10.4. The van der Waals surface area contributed by atoms with E-state index in [1.54, 1.807) is 24.6 Å². The number of sulfonamides is 1. The van der Waals surface area contributed by atoms with Gasteiger partial charge in [-0.2, -0.15) is 9.40 Å². The summed E-state index contributed by atoms with van der Waals surface area (Å²) in [4.78, 5) is 23.5. The molecular weight excluding hydrogens is 530 g/mol.